The predicted molar refractivity (Wildman–Crippen MR) is 50.2 cm³/mol. The number of hydroxylamine groups is 1. The summed E-state index contributed by atoms with van der Waals surface area (Å²) in [5, 5.41) is 0. The molecule has 1 heterocycles. The van der Waals surface area contributed by atoms with Gasteiger partial charge in [0.15, 0.2) is 0 Å². The Hall–Kier alpha value is -1.33. The molecule has 0 aliphatic heterocycles. The highest BCUT2D eigenvalue weighted by molar-refractivity contribution is 5.74. The molecule has 0 spiro atoms. The van der Waals surface area contributed by atoms with Gasteiger partial charge in [-0.15, -0.1) is 0 Å². The van der Waals surface area contributed by atoms with Crippen molar-refractivity contribution in [1.29, 1.82) is 0 Å². The van der Waals surface area contributed by atoms with E-state index in [0.29, 0.717) is 6.42 Å². The lowest BCUT2D eigenvalue weighted by Gasteiger charge is -2.10. The Morgan fingerprint density at radius 2 is 2.57 bits per heavy atom. The van der Waals surface area contributed by atoms with Crippen molar-refractivity contribution in [1.82, 2.24) is 5.48 Å². The number of hydrogen-bond donors (Lipinski definition) is 2. The molecule has 14 heavy (non-hydrogen) atoms. The summed E-state index contributed by atoms with van der Waals surface area (Å²) >= 11 is 0. The second-order valence-corrected chi connectivity index (χ2v) is 3.06. The maximum atomic E-state index is 10.3. The van der Waals surface area contributed by atoms with Gasteiger partial charge in [-0.05, 0) is 19.1 Å². The summed E-state index contributed by atoms with van der Waals surface area (Å²) in [6.07, 6.45) is 2.32. The van der Waals surface area contributed by atoms with E-state index in [2.05, 4.69) is 5.48 Å². The van der Waals surface area contributed by atoms with Gasteiger partial charge in [0.05, 0.1) is 6.26 Å². The topological polar surface area (TPSA) is 77.5 Å². The van der Waals surface area contributed by atoms with Gasteiger partial charge < -0.3 is 10.2 Å². The molecule has 0 aromatic carbocycles. The Morgan fingerprint density at radius 1 is 1.79 bits per heavy atom. The number of carbonyl (C=O) groups is 1. The third kappa shape index (κ3) is 4.06. The second kappa shape index (κ2) is 5.41. The molecule has 1 aromatic heterocycles. The number of rotatable bonds is 6. The van der Waals surface area contributed by atoms with Crippen molar-refractivity contribution < 1.29 is 14.0 Å². The first kappa shape index (κ1) is 10.7. The van der Waals surface area contributed by atoms with Crippen LogP contribution in [0.2, 0.25) is 0 Å². The van der Waals surface area contributed by atoms with Crippen LogP contribution in [0, 0.1) is 0 Å². The third-order valence-corrected chi connectivity index (χ3v) is 1.59. The number of carbonyl (C=O) groups excluding carboxylic acids is 1. The molecule has 0 bridgehead atoms. The Balaban J connectivity index is 2.16. The lowest BCUT2D eigenvalue weighted by molar-refractivity contribution is -0.125. The van der Waals surface area contributed by atoms with Gasteiger partial charge in [-0.1, -0.05) is 0 Å². The van der Waals surface area contributed by atoms with Gasteiger partial charge in [-0.3, -0.25) is 9.63 Å². The smallest absolute Gasteiger partial charge is 0.245 e. The van der Waals surface area contributed by atoms with Crippen LogP contribution in [0.4, 0.5) is 0 Å². The minimum absolute atomic E-state index is 0.0699. The number of furan rings is 1. The minimum Gasteiger partial charge on any atom is -0.469 e. The molecule has 0 fully saturated rings. The van der Waals surface area contributed by atoms with E-state index in [9.17, 15) is 4.79 Å². The second-order valence-electron chi connectivity index (χ2n) is 3.06. The van der Waals surface area contributed by atoms with E-state index >= 15 is 0 Å². The van der Waals surface area contributed by atoms with Gasteiger partial charge in [-0.2, -0.15) is 5.48 Å². The third-order valence-electron chi connectivity index (χ3n) is 1.59. The normalized spacial score (nSPS) is 12.6. The van der Waals surface area contributed by atoms with Crippen molar-refractivity contribution in [2.75, 3.05) is 6.61 Å². The van der Waals surface area contributed by atoms with Gasteiger partial charge in [0, 0.05) is 12.5 Å². The molecular weight excluding hydrogens is 184 g/mol. The van der Waals surface area contributed by atoms with Crippen LogP contribution in [0.15, 0.2) is 22.8 Å². The lowest BCUT2D eigenvalue weighted by atomic mass is 10.2. The van der Waals surface area contributed by atoms with Gasteiger partial charge in [0.1, 0.15) is 12.4 Å². The SMILES string of the molecule is CC(Cc1ccco1)NOCC(N)=O. The predicted octanol–water partition coefficient (Wildman–Crippen LogP) is 0.217. The largest absolute Gasteiger partial charge is 0.469 e. The standard InChI is InChI=1S/C9H14N2O3/c1-7(11-14-6-9(10)12)5-8-3-2-4-13-8/h2-4,7,11H,5-6H2,1H3,(H2,10,12). The summed E-state index contributed by atoms with van der Waals surface area (Å²) in [7, 11) is 0. The monoisotopic (exact) mass is 198 g/mol. The summed E-state index contributed by atoms with van der Waals surface area (Å²) in [4.78, 5) is 15.2. The molecule has 3 N–H and O–H groups in total. The lowest BCUT2D eigenvalue weighted by Crippen LogP contribution is -2.32. The Morgan fingerprint density at radius 3 is 3.14 bits per heavy atom. The van der Waals surface area contributed by atoms with Gasteiger partial charge >= 0.3 is 0 Å². The summed E-state index contributed by atoms with van der Waals surface area (Å²) in [5.74, 6) is 0.371. The molecular formula is C9H14N2O3. The van der Waals surface area contributed by atoms with Crippen molar-refractivity contribution in [3.8, 4) is 0 Å². The first-order valence-electron chi connectivity index (χ1n) is 4.36. The highest BCUT2D eigenvalue weighted by atomic mass is 16.6. The van der Waals surface area contributed by atoms with Gasteiger partial charge in [-0.25, -0.2) is 0 Å². The molecule has 0 saturated carbocycles. The average molecular weight is 198 g/mol. The number of nitrogens with two attached hydrogens (primary N) is 1. The summed E-state index contributed by atoms with van der Waals surface area (Å²) in [6, 6.07) is 3.78. The van der Waals surface area contributed by atoms with Crippen molar-refractivity contribution >= 4 is 5.91 Å². The quantitative estimate of drug-likeness (QED) is 0.641. The molecule has 5 heteroatoms. The van der Waals surface area contributed by atoms with Gasteiger partial charge in [0.25, 0.3) is 0 Å². The molecule has 5 nitrogen and oxygen atoms in total. The number of hydrogen-bond acceptors (Lipinski definition) is 4. The molecule has 0 aliphatic rings. The highest BCUT2D eigenvalue weighted by Gasteiger charge is 2.05. The van der Waals surface area contributed by atoms with E-state index in [1.54, 1.807) is 6.26 Å². The Bertz CT molecular complexity index is 272. The molecule has 1 unspecified atom stereocenters. The van der Waals surface area contributed by atoms with E-state index in [4.69, 9.17) is 15.0 Å². The fourth-order valence-corrected chi connectivity index (χ4v) is 1.03. The first-order chi connectivity index (χ1) is 6.68. The number of amides is 1. The van der Waals surface area contributed by atoms with Crippen molar-refractivity contribution in [3.05, 3.63) is 24.2 Å². The van der Waals surface area contributed by atoms with E-state index in [1.165, 1.54) is 0 Å². The number of nitrogens with one attached hydrogen (secondary N) is 1. The summed E-state index contributed by atoms with van der Waals surface area (Å²) in [6.45, 7) is 1.80. The number of primary amides is 1. The molecule has 1 rings (SSSR count). The van der Waals surface area contributed by atoms with Crippen molar-refractivity contribution in [2.45, 2.75) is 19.4 Å². The zero-order valence-corrected chi connectivity index (χ0v) is 8.03. The fourth-order valence-electron chi connectivity index (χ4n) is 1.03. The van der Waals surface area contributed by atoms with E-state index in [1.807, 2.05) is 19.1 Å². The van der Waals surface area contributed by atoms with Crippen LogP contribution < -0.4 is 11.2 Å². The molecule has 0 saturated heterocycles. The molecule has 1 aromatic rings. The molecule has 78 valence electrons. The van der Waals surface area contributed by atoms with Gasteiger partial charge in [0.2, 0.25) is 5.91 Å². The summed E-state index contributed by atoms with van der Waals surface area (Å²) in [5.41, 5.74) is 7.58. The zero-order valence-electron chi connectivity index (χ0n) is 8.03. The average Bonchev–Trinajstić information content (AvgIpc) is 2.56. The van der Waals surface area contributed by atoms with Crippen LogP contribution in [0.25, 0.3) is 0 Å². The van der Waals surface area contributed by atoms with E-state index < -0.39 is 5.91 Å². The highest BCUT2D eigenvalue weighted by Crippen LogP contribution is 2.03. The zero-order chi connectivity index (χ0) is 10.4. The van der Waals surface area contributed by atoms with Crippen LogP contribution >= 0.6 is 0 Å². The molecule has 0 radical (unpaired) electrons. The van der Waals surface area contributed by atoms with E-state index in [-0.39, 0.29) is 12.6 Å². The van der Waals surface area contributed by atoms with E-state index in [0.717, 1.165) is 5.76 Å². The van der Waals surface area contributed by atoms with Crippen LogP contribution in [-0.2, 0) is 16.1 Å². The van der Waals surface area contributed by atoms with Crippen molar-refractivity contribution in [2.24, 2.45) is 5.73 Å². The molecule has 1 atom stereocenters. The van der Waals surface area contributed by atoms with Crippen LogP contribution in [0.5, 0.6) is 0 Å². The molecule has 1 amide bonds. The summed E-state index contributed by atoms with van der Waals surface area (Å²) < 4.78 is 5.14. The maximum absolute atomic E-state index is 10.3. The minimum atomic E-state index is -0.498. The fraction of sp³-hybridized carbons (Fsp3) is 0.444. The van der Waals surface area contributed by atoms with Crippen LogP contribution in [-0.4, -0.2) is 18.6 Å². The van der Waals surface area contributed by atoms with Crippen LogP contribution in [0.3, 0.4) is 0 Å². The molecule has 0 aliphatic carbocycles. The van der Waals surface area contributed by atoms with Crippen molar-refractivity contribution in [3.63, 3.8) is 0 Å². The Kier molecular flexibility index (Phi) is 4.15. The van der Waals surface area contributed by atoms with Crippen LogP contribution in [0.1, 0.15) is 12.7 Å². The first-order valence-corrected chi connectivity index (χ1v) is 4.36. The maximum Gasteiger partial charge on any atom is 0.245 e. The Labute approximate surface area is 82.2 Å².